The van der Waals surface area contributed by atoms with Crippen LogP contribution in [-0.4, -0.2) is 34.3 Å². The van der Waals surface area contributed by atoms with E-state index < -0.39 is 34.5 Å². The van der Waals surface area contributed by atoms with Gasteiger partial charge in [0.25, 0.3) is 0 Å². The number of esters is 1. The third-order valence-corrected chi connectivity index (χ3v) is 4.08. The van der Waals surface area contributed by atoms with Crippen molar-refractivity contribution >= 4 is 29.0 Å². The van der Waals surface area contributed by atoms with E-state index in [1.54, 1.807) is 12.1 Å². The van der Waals surface area contributed by atoms with Crippen molar-refractivity contribution < 1.29 is 24.0 Å². The largest absolute Gasteiger partial charge is 0.465 e. The standard InChI is InChI=1S/C20H21N3O7/c1-12(2)8-18(25)21-15-6-4-13(5-7-15)17(24)11-22-10-14(20(27)30-3)9-16(19(22)26)23(28)29/h4-7,9-10,12H,8,11H2,1-3H3,(H,21,25). The fourth-order valence-corrected chi connectivity index (χ4v) is 2.67. The van der Waals surface area contributed by atoms with Crippen LogP contribution in [0.15, 0.2) is 41.3 Å². The number of pyridine rings is 1. The molecule has 0 radical (unpaired) electrons. The van der Waals surface area contributed by atoms with Crippen molar-refractivity contribution in [3.8, 4) is 0 Å². The van der Waals surface area contributed by atoms with Gasteiger partial charge in [0, 0.05) is 29.9 Å². The lowest BCUT2D eigenvalue weighted by molar-refractivity contribution is -0.386. The third kappa shape index (κ3) is 5.60. The Balaban J connectivity index is 2.24. The maximum Gasteiger partial charge on any atom is 0.339 e. The van der Waals surface area contributed by atoms with Gasteiger partial charge in [-0.2, -0.15) is 0 Å². The van der Waals surface area contributed by atoms with Crippen LogP contribution < -0.4 is 10.9 Å². The lowest BCUT2D eigenvalue weighted by Gasteiger charge is -2.09. The summed E-state index contributed by atoms with van der Waals surface area (Å²) in [6.07, 6.45) is 1.40. The number of anilines is 1. The fourth-order valence-electron chi connectivity index (χ4n) is 2.67. The molecule has 0 bridgehead atoms. The van der Waals surface area contributed by atoms with Crippen LogP contribution in [0.25, 0.3) is 0 Å². The molecule has 0 spiro atoms. The Morgan fingerprint density at radius 3 is 2.33 bits per heavy atom. The molecule has 0 unspecified atom stereocenters. The molecule has 158 valence electrons. The Morgan fingerprint density at radius 1 is 1.17 bits per heavy atom. The highest BCUT2D eigenvalue weighted by Crippen LogP contribution is 2.14. The summed E-state index contributed by atoms with van der Waals surface area (Å²) in [5.74, 6) is -1.33. The number of hydrogen-bond donors (Lipinski definition) is 1. The zero-order chi connectivity index (χ0) is 22.4. The smallest absolute Gasteiger partial charge is 0.339 e. The number of methoxy groups -OCH3 is 1. The van der Waals surface area contributed by atoms with E-state index in [9.17, 15) is 29.3 Å². The molecular weight excluding hydrogens is 394 g/mol. The lowest BCUT2D eigenvalue weighted by atomic mass is 10.1. The summed E-state index contributed by atoms with van der Waals surface area (Å²) in [5.41, 5.74) is -1.33. The second-order valence-electron chi connectivity index (χ2n) is 6.94. The van der Waals surface area contributed by atoms with Crippen LogP contribution in [0.2, 0.25) is 0 Å². The minimum atomic E-state index is -1.02. The highest BCUT2D eigenvalue weighted by molar-refractivity contribution is 5.97. The lowest BCUT2D eigenvalue weighted by Crippen LogP contribution is -2.27. The summed E-state index contributed by atoms with van der Waals surface area (Å²) in [6.45, 7) is 3.33. The number of carbonyl (C=O) groups is 3. The van der Waals surface area contributed by atoms with Gasteiger partial charge in [0.1, 0.15) is 0 Å². The summed E-state index contributed by atoms with van der Waals surface area (Å²) in [4.78, 5) is 58.5. The van der Waals surface area contributed by atoms with Gasteiger partial charge in [-0.3, -0.25) is 24.5 Å². The molecule has 0 fully saturated rings. The van der Waals surface area contributed by atoms with E-state index in [1.165, 1.54) is 12.1 Å². The topological polar surface area (TPSA) is 138 Å². The summed E-state index contributed by atoms with van der Waals surface area (Å²) in [5, 5.41) is 13.8. The number of benzene rings is 1. The number of aromatic nitrogens is 1. The summed E-state index contributed by atoms with van der Waals surface area (Å²) < 4.78 is 5.32. The number of Topliss-reactive ketones (excluding diaryl/α,β-unsaturated/α-hetero) is 1. The van der Waals surface area contributed by atoms with Gasteiger partial charge in [-0.05, 0) is 30.2 Å². The number of nitrogens with zero attached hydrogens (tertiary/aromatic N) is 2. The minimum Gasteiger partial charge on any atom is -0.465 e. The van der Waals surface area contributed by atoms with Crippen molar-refractivity contribution in [3.63, 3.8) is 0 Å². The molecule has 30 heavy (non-hydrogen) atoms. The molecule has 0 atom stereocenters. The molecule has 2 aromatic rings. The van der Waals surface area contributed by atoms with Crippen LogP contribution in [0.4, 0.5) is 11.4 Å². The van der Waals surface area contributed by atoms with Gasteiger partial charge in [0.15, 0.2) is 5.78 Å². The van der Waals surface area contributed by atoms with Crippen molar-refractivity contribution in [2.45, 2.75) is 26.8 Å². The molecule has 0 aliphatic rings. The Kier molecular flexibility index (Phi) is 7.18. The molecule has 2 rings (SSSR count). The zero-order valence-electron chi connectivity index (χ0n) is 16.7. The zero-order valence-corrected chi connectivity index (χ0v) is 16.7. The van der Waals surface area contributed by atoms with E-state index in [2.05, 4.69) is 10.1 Å². The van der Waals surface area contributed by atoms with E-state index in [4.69, 9.17) is 0 Å². The number of carbonyl (C=O) groups excluding carboxylic acids is 3. The van der Waals surface area contributed by atoms with Crippen LogP contribution in [0, 0.1) is 16.0 Å². The Bertz CT molecular complexity index is 1040. The number of nitrogens with one attached hydrogen (secondary N) is 1. The van der Waals surface area contributed by atoms with Crippen LogP contribution in [0.3, 0.4) is 0 Å². The van der Waals surface area contributed by atoms with Gasteiger partial charge in [0.2, 0.25) is 5.91 Å². The first-order chi connectivity index (χ1) is 14.1. The van der Waals surface area contributed by atoms with Crippen LogP contribution in [0.1, 0.15) is 41.0 Å². The van der Waals surface area contributed by atoms with Crippen molar-refractivity contribution in [2.24, 2.45) is 5.92 Å². The SMILES string of the molecule is COC(=O)c1cc([N+](=O)[O-])c(=O)n(CC(=O)c2ccc(NC(=O)CC(C)C)cc2)c1. The first-order valence-electron chi connectivity index (χ1n) is 9.02. The predicted molar refractivity (Wildman–Crippen MR) is 108 cm³/mol. The molecule has 0 saturated carbocycles. The maximum atomic E-state index is 12.5. The summed E-state index contributed by atoms with van der Waals surface area (Å²) in [6, 6.07) is 6.83. The normalized spacial score (nSPS) is 10.5. The first-order valence-corrected chi connectivity index (χ1v) is 9.02. The second-order valence-corrected chi connectivity index (χ2v) is 6.94. The van der Waals surface area contributed by atoms with Crippen LogP contribution in [-0.2, 0) is 16.1 Å². The maximum absolute atomic E-state index is 12.5. The van der Waals surface area contributed by atoms with E-state index >= 15 is 0 Å². The highest BCUT2D eigenvalue weighted by atomic mass is 16.6. The summed E-state index contributed by atoms with van der Waals surface area (Å²) in [7, 11) is 1.09. The van der Waals surface area contributed by atoms with Crippen molar-refractivity contribution in [1.82, 2.24) is 4.57 Å². The van der Waals surface area contributed by atoms with Crippen LogP contribution >= 0.6 is 0 Å². The van der Waals surface area contributed by atoms with E-state index in [1.807, 2.05) is 13.8 Å². The average molecular weight is 415 g/mol. The van der Waals surface area contributed by atoms with Crippen molar-refractivity contribution in [3.05, 3.63) is 68.1 Å². The molecule has 0 aliphatic heterocycles. The Labute approximate surface area is 171 Å². The molecule has 1 amide bonds. The molecule has 0 aliphatic carbocycles. The van der Waals surface area contributed by atoms with Crippen LogP contribution in [0.5, 0.6) is 0 Å². The predicted octanol–water partition coefficient (Wildman–Crippen LogP) is 2.41. The number of rotatable bonds is 8. The molecule has 0 saturated heterocycles. The number of ketones is 1. The molecule has 10 nitrogen and oxygen atoms in total. The Morgan fingerprint density at radius 2 is 1.80 bits per heavy atom. The second kappa shape index (κ2) is 9.59. The van der Waals surface area contributed by atoms with Gasteiger partial charge >= 0.3 is 17.2 Å². The van der Waals surface area contributed by atoms with E-state index in [-0.39, 0.29) is 23.0 Å². The average Bonchev–Trinajstić information content (AvgIpc) is 2.68. The van der Waals surface area contributed by atoms with Gasteiger partial charge in [-0.15, -0.1) is 0 Å². The molecule has 1 N–H and O–H groups in total. The van der Waals surface area contributed by atoms with Crippen molar-refractivity contribution in [2.75, 3.05) is 12.4 Å². The first kappa shape index (κ1) is 22.5. The third-order valence-electron chi connectivity index (χ3n) is 4.08. The molecule has 10 heteroatoms. The van der Waals surface area contributed by atoms with Crippen molar-refractivity contribution in [1.29, 1.82) is 0 Å². The van der Waals surface area contributed by atoms with Gasteiger partial charge in [-0.25, -0.2) is 4.79 Å². The number of hydrogen-bond acceptors (Lipinski definition) is 7. The number of amides is 1. The molecule has 1 aromatic heterocycles. The quantitative estimate of drug-likeness (QED) is 0.302. The molecule has 1 heterocycles. The summed E-state index contributed by atoms with van der Waals surface area (Å²) >= 11 is 0. The van der Waals surface area contributed by atoms with Gasteiger partial charge < -0.3 is 14.6 Å². The monoisotopic (exact) mass is 415 g/mol. The molecular formula is C20H21N3O7. The minimum absolute atomic E-state index is 0.150. The number of ether oxygens (including phenoxy) is 1. The van der Waals surface area contributed by atoms with E-state index in [0.717, 1.165) is 23.9 Å². The molecule has 1 aromatic carbocycles. The van der Waals surface area contributed by atoms with E-state index in [0.29, 0.717) is 12.1 Å². The number of nitro groups is 1. The highest BCUT2D eigenvalue weighted by Gasteiger charge is 2.21. The van der Waals surface area contributed by atoms with Gasteiger partial charge in [0.05, 0.1) is 24.1 Å². The van der Waals surface area contributed by atoms with Gasteiger partial charge in [-0.1, -0.05) is 13.8 Å². The Hall–Kier alpha value is -3.82. The fraction of sp³-hybridized carbons (Fsp3) is 0.300.